The second-order valence-corrected chi connectivity index (χ2v) is 5.59. The fourth-order valence-corrected chi connectivity index (χ4v) is 1.85. The Bertz CT molecular complexity index is 437. The Balaban J connectivity index is 3.05. The van der Waals surface area contributed by atoms with Crippen LogP contribution in [-0.4, -0.2) is 13.6 Å². The number of anilines is 1. The quantitative estimate of drug-likeness (QED) is 0.872. The number of alkyl halides is 1. The van der Waals surface area contributed by atoms with E-state index in [1.54, 1.807) is 0 Å². The number of hydrogen-bond acceptors (Lipinski definition) is 2. The molecule has 1 rings (SSSR count). The van der Waals surface area contributed by atoms with Gasteiger partial charge in [0.1, 0.15) is 5.21 Å². The maximum absolute atomic E-state index is 13.3. The molecule has 0 aliphatic carbocycles. The fraction of sp³-hybridized carbons (Fsp3) is 0.143. The van der Waals surface area contributed by atoms with Crippen molar-refractivity contribution in [1.82, 2.24) is 0 Å². The minimum Gasteiger partial charge on any atom is -0.280 e. The molecule has 1 aromatic carbocycles. The van der Waals surface area contributed by atoms with Crippen molar-refractivity contribution in [2.24, 2.45) is 0 Å². The monoisotopic (exact) mass is 301 g/mol. The highest BCUT2D eigenvalue weighted by Crippen LogP contribution is 2.23. The molecule has 0 heterocycles. The number of sulfonamides is 1. The average Bonchev–Trinajstić information content (AvgIpc) is 2.13. The van der Waals surface area contributed by atoms with Crippen LogP contribution in [0.25, 0.3) is 0 Å². The fourth-order valence-electron chi connectivity index (χ4n) is 0.777. The molecular weight excluding hydrogens is 297 g/mol. The molecule has 0 unspecified atom stereocenters. The van der Waals surface area contributed by atoms with Crippen LogP contribution in [0.5, 0.6) is 0 Å². The summed E-state index contributed by atoms with van der Waals surface area (Å²) in [6, 6.07) is 4.29. The summed E-state index contributed by atoms with van der Waals surface area (Å²) in [5.74, 6) is -0.666. The number of halogens is 3. The molecule has 0 bridgehead atoms. The molecule has 14 heavy (non-hydrogen) atoms. The first-order valence-electron chi connectivity index (χ1n) is 3.47. The van der Waals surface area contributed by atoms with Crippen molar-refractivity contribution in [1.29, 1.82) is 0 Å². The molecule has 0 aromatic heterocycles. The minimum atomic E-state index is -3.66. The molecule has 0 atom stereocenters. The van der Waals surface area contributed by atoms with Gasteiger partial charge in [0.25, 0.3) is 0 Å². The first kappa shape index (κ1) is 11.7. The number of nitrogens with one attached hydrogen (secondary N) is 1. The summed E-state index contributed by atoms with van der Waals surface area (Å²) in [5, 5.41) is -0.612. The first-order chi connectivity index (χ1) is 6.46. The summed E-state index contributed by atoms with van der Waals surface area (Å²) in [7, 11) is -3.66. The second kappa shape index (κ2) is 4.46. The van der Waals surface area contributed by atoms with Crippen LogP contribution in [0.2, 0.25) is 0 Å². The van der Waals surface area contributed by atoms with E-state index >= 15 is 0 Å². The highest BCUT2D eigenvalue weighted by atomic mass is 79.9. The molecule has 0 aliphatic rings. The van der Waals surface area contributed by atoms with E-state index in [1.165, 1.54) is 18.2 Å². The van der Waals surface area contributed by atoms with Crippen LogP contribution < -0.4 is 4.72 Å². The van der Waals surface area contributed by atoms with Gasteiger partial charge in [0.15, 0.2) is 5.82 Å². The standard InChI is InChI=1S/C7H6BrClFNO2S/c8-5-2-1-3-6(7(5)10)11-14(12,13)4-9/h1-3,11H,4H2. The largest absolute Gasteiger partial charge is 0.280 e. The zero-order valence-corrected chi connectivity index (χ0v) is 9.96. The van der Waals surface area contributed by atoms with E-state index in [-0.39, 0.29) is 10.2 Å². The molecule has 0 amide bonds. The van der Waals surface area contributed by atoms with Gasteiger partial charge in [0, 0.05) is 0 Å². The predicted molar refractivity (Wildman–Crippen MR) is 57.4 cm³/mol. The maximum Gasteiger partial charge on any atom is 0.246 e. The molecule has 0 radical (unpaired) electrons. The zero-order valence-electron chi connectivity index (χ0n) is 6.80. The van der Waals surface area contributed by atoms with Gasteiger partial charge in [0.2, 0.25) is 10.0 Å². The van der Waals surface area contributed by atoms with Crippen molar-refractivity contribution in [2.45, 2.75) is 0 Å². The Labute approximate surface area is 94.4 Å². The lowest BCUT2D eigenvalue weighted by Gasteiger charge is -2.06. The molecular formula is C7H6BrClFNO2S. The molecule has 0 saturated heterocycles. The molecule has 0 spiro atoms. The van der Waals surface area contributed by atoms with E-state index in [9.17, 15) is 12.8 Å². The van der Waals surface area contributed by atoms with Gasteiger partial charge in [0.05, 0.1) is 10.2 Å². The number of rotatable bonds is 3. The van der Waals surface area contributed by atoms with Crippen LogP contribution in [0.3, 0.4) is 0 Å². The third-order valence-electron chi connectivity index (χ3n) is 1.36. The summed E-state index contributed by atoms with van der Waals surface area (Å²) in [5.41, 5.74) is -0.125. The molecule has 0 fully saturated rings. The molecule has 1 N–H and O–H groups in total. The van der Waals surface area contributed by atoms with Crippen molar-refractivity contribution in [2.75, 3.05) is 9.93 Å². The zero-order chi connectivity index (χ0) is 10.8. The SMILES string of the molecule is O=S(=O)(CCl)Nc1cccc(Br)c1F. The summed E-state index contributed by atoms with van der Waals surface area (Å²) < 4.78 is 37.5. The molecule has 3 nitrogen and oxygen atoms in total. The van der Waals surface area contributed by atoms with Gasteiger partial charge in [-0.2, -0.15) is 0 Å². The van der Waals surface area contributed by atoms with Crippen LogP contribution in [0.1, 0.15) is 0 Å². The summed E-state index contributed by atoms with van der Waals surface area (Å²) in [6.45, 7) is 0. The smallest absolute Gasteiger partial charge is 0.246 e. The lowest BCUT2D eigenvalue weighted by atomic mass is 10.3. The van der Waals surface area contributed by atoms with E-state index in [0.29, 0.717) is 0 Å². The third kappa shape index (κ3) is 2.83. The van der Waals surface area contributed by atoms with Crippen LogP contribution >= 0.6 is 27.5 Å². The highest BCUT2D eigenvalue weighted by molar-refractivity contribution is 9.10. The van der Waals surface area contributed by atoms with Crippen molar-refractivity contribution in [3.05, 3.63) is 28.5 Å². The highest BCUT2D eigenvalue weighted by Gasteiger charge is 2.12. The Morgan fingerprint density at radius 2 is 2.14 bits per heavy atom. The predicted octanol–water partition coefficient (Wildman–Crippen LogP) is 2.53. The van der Waals surface area contributed by atoms with Gasteiger partial charge >= 0.3 is 0 Å². The van der Waals surface area contributed by atoms with E-state index < -0.39 is 21.1 Å². The Morgan fingerprint density at radius 1 is 1.50 bits per heavy atom. The van der Waals surface area contributed by atoms with Crippen LogP contribution in [0.15, 0.2) is 22.7 Å². The number of benzene rings is 1. The molecule has 0 aliphatic heterocycles. The topological polar surface area (TPSA) is 46.2 Å². The van der Waals surface area contributed by atoms with Gasteiger partial charge in [-0.3, -0.25) is 4.72 Å². The summed E-state index contributed by atoms with van der Waals surface area (Å²) in [6.07, 6.45) is 0. The van der Waals surface area contributed by atoms with E-state index in [0.717, 1.165) is 0 Å². The van der Waals surface area contributed by atoms with Crippen molar-refractivity contribution < 1.29 is 12.8 Å². The Kier molecular flexibility index (Phi) is 3.74. The summed E-state index contributed by atoms with van der Waals surface area (Å²) in [4.78, 5) is 0. The van der Waals surface area contributed by atoms with Gasteiger partial charge in [-0.1, -0.05) is 6.07 Å². The molecule has 1 aromatic rings. The average molecular weight is 303 g/mol. The van der Waals surface area contributed by atoms with Crippen molar-refractivity contribution in [3.63, 3.8) is 0 Å². The summed E-state index contributed by atoms with van der Waals surface area (Å²) >= 11 is 8.08. The minimum absolute atomic E-state index is 0.125. The second-order valence-electron chi connectivity index (χ2n) is 2.43. The van der Waals surface area contributed by atoms with Gasteiger partial charge in [-0.25, -0.2) is 12.8 Å². The molecule has 7 heteroatoms. The van der Waals surface area contributed by atoms with Crippen molar-refractivity contribution >= 4 is 43.2 Å². The lowest BCUT2D eigenvalue weighted by molar-refractivity contribution is 0.602. The third-order valence-corrected chi connectivity index (χ3v) is 3.65. The van der Waals surface area contributed by atoms with Gasteiger partial charge < -0.3 is 0 Å². The first-order valence-corrected chi connectivity index (χ1v) is 6.45. The van der Waals surface area contributed by atoms with Crippen LogP contribution in [-0.2, 0) is 10.0 Å². The van der Waals surface area contributed by atoms with Crippen LogP contribution in [0, 0.1) is 5.82 Å². The van der Waals surface area contributed by atoms with Crippen LogP contribution in [0.4, 0.5) is 10.1 Å². The van der Waals surface area contributed by atoms with Crippen molar-refractivity contribution in [3.8, 4) is 0 Å². The van der Waals surface area contributed by atoms with Gasteiger partial charge in [-0.05, 0) is 28.1 Å². The number of hydrogen-bond donors (Lipinski definition) is 1. The normalized spacial score (nSPS) is 11.4. The molecule has 78 valence electrons. The van der Waals surface area contributed by atoms with E-state index in [4.69, 9.17) is 11.6 Å². The maximum atomic E-state index is 13.3. The Hall–Kier alpha value is -0.330. The van der Waals surface area contributed by atoms with Gasteiger partial charge in [-0.15, -0.1) is 11.6 Å². The van der Waals surface area contributed by atoms with E-state index in [1.807, 2.05) is 4.72 Å². The lowest BCUT2D eigenvalue weighted by Crippen LogP contribution is -2.14. The van der Waals surface area contributed by atoms with E-state index in [2.05, 4.69) is 15.9 Å². The molecule has 0 saturated carbocycles. The Morgan fingerprint density at radius 3 is 2.71 bits per heavy atom.